The zero-order chi connectivity index (χ0) is 10.1. The van der Waals surface area contributed by atoms with E-state index in [-0.39, 0.29) is 0 Å². The van der Waals surface area contributed by atoms with E-state index in [4.69, 9.17) is 0 Å². The largest absolute Gasteiger partial charge is 0.314 e. The predicted molar refractivity (Wildman–Crippen MR) is 56.1 cm³/mol. The molecule has 1 aromatic heterocycles. The molecule has 1 heterocycles. The Hall–Kier alpha value is -0.960. The minimum absolute atomic E-state index is 0.617. The number of aromatic nitrogens is 2. The number of aryl methyl sites for hydroxylation is 1. The van der Waals surface area contributed by atoms with Gasteiger partial charge in [0.1, 0.15) is 5.82 Å². The van der Waals surface area contributed by atoms with Crippen molar-refractivity contribution in [3.05, 3.63) is 23.3 Å². The van der Waals surface area contributed by atoms with Crippen LogP contribution >= 0.6 is 0 Å². The van der Waals surface area contributed by atoms with Crippen molar-refractivity contribution >= 4 is 0 Å². The Balaban J connectivity index is 2.22. The van der Waals surface area contributed by atoms with Gasteiger partial charge in [0, 0.05) is 18.7 Å². The summed E-state index contributed by atoms with van der Waals surface area (Å²) < 4.78 is 0. The molecule has 0 amide bonds. The van der Waals surface area contributed by atoms with E-state index in [0.29, 0.717) is 5.92 Å². The smallest absolute Gasteiger partial charge is 0.131 e. The third kappa shape index (κ3) is 1.77. The van der Waals surface area contributed by atoms with Crippen molar-refractivity contribution in [2.45, 2.75) is 32.7 Å². The molecule has 2 unspecified atom stereocenters. The summed E-state index contributed by atoms with van der Waals surface area (Å²) in [6, 6.07) is 0. The number of rotatable bonds is 3. The van der Waals surface area contributed by atoms with Gasteiger partial charge in [-0.2, -0.15) is 0 Å². The second-order valence-corrected chi connectivity index (χ2v) is 4.21. The van der Waals surface area contributed by atoms with Crippen LogP contribution in [0.2, 0.25) is 0 Å². The molecule has 0 spiro atoms. The first-order valence-electron chi connectivity index (χ1n) is 5.19. The molecule has 0 saturated heterocycles. The van der Waals surface area contributed by atoms with E-state index in [0.717, 1.165) is 24.0 Å². The molecule has 0 radical (unpaired) electrons. The van der Waals surface area contributed by atoms with Gasteiger partial charge in [-0.1, -0.05) is 6.92 Å². The summed E-state index contributed by atoms with van der Waals surface area (Å²) in [7, 11) is 1.95. The fourth-order valence-corrected chi connectivity index (χ4v) is 1.70. The number of hydrogen-bond donors (Lipinski definition) is 1. The summed E-state index contributed by atoms with van der Waals surface area (Å²) in [6.45, 7) is 5.15. The lowest BCUT2D eigenvalue weighted by atomic mass is 10.2. The van der Waals surface area contributed by atoms with Gasteiger partial charge in [-0.05, 0) is 31.9 Å². The van der Waals surface area contributed by atoms with Gasteiger partial charge in [-0.15, -0.1) is 0 Å². The molecule has 3 heteroatoms. The molecule has 3 nitrogen and oxygen atoms in total. The van der Waals surface area contributed by atoms with Crippen LogP contribution in [0.3, 0.4) is 0 Å². The van der Waals surface area contributed by atoms with Crippen molar-refractivity contribution < 1.29 is 0 Å². The van der Waals surface area contributed by atoms with Crippen LogP contribution < -0.4 is 5.32 Å². The van der Waals surface area contributed by atoms with Gasteiger partial charge in [0.25, 0.3) is 0 Å². The third-order valence-electron chi connectivity index (χ3n) is 2.88. The SMILES string of the molecule is CNCc1nc(C2CC2C)ncc1C. The molecule has 0 aliphatic heterocycles. The maximum Gasteiger partial charge on any atom is 0.131 e. The van der Waals surface area contributed by atoms with Gasteiger partial charge < -0.3 is 5.32 Å². The highest BCUT2D eigenvalue weighted by Gasteiger charge is 2.36. The van der Waals surface area contributed by atoms with E-state index in [1.807, 2.05) is 13.2 Å². The van der Waals surface area contributed by atoms with E-state index in [1.165, 1.54) is 12.0 Å². The Bertz CT molecular complexity index is 335. The van der Waals surface area contributed by atoms with Crippen LogP contribution in [0, 0.1) is 12.8 Å². The predicted octanol–water partition coefficient (Wildman–Crippen LogP) is 1.63. The highest BCUT2D eigenvalue weighted by molar-refractivity contribution is 5.19. The van der Waals surface area contributed by atoms with Crippen LogP contribution in [0.25, 0.3) is 0 Å². The Morgan fingerprint density at radius 2 is 2.29 bits per heavy atom. The first-order chi connectivity index (χ1) is 6.72. The molecule has 1 aromatic rings. The highest BCUT2D eigenvalue weighted by atomic mass is 14.9. The topological polar surface area (TPSA) is 37.8 Å². The van der Waals surface area contributed by atoms with Crippen LogP contribution in [-0.4, -0.2) is 17.0 Å². The van der Waals surface area contributed by atoms with Gasteiger partial charge in [0.15, 0.2) is 0 Å². The van der Waals surface area contributed by atoms with Gasteiger partial charge >= 0.3 is 0 Å². The highest BCUT2D eigenvalue weighted by Crippen LogP contribution is 2.45. The zero-order valence-electron chi connectivity index (χ0n) is 9.04. The molecule has 1 aliphatic carbocycles. The Labute approximate surface area is 85.0 Å². The van der Waals surface area contributed by atoms with Crippen LogP contribution in [0.15, 0.2) is 6.20 Å². The molecule has 76 valence electrons. The summed E-state index contributed by atoms with van der Waals surface area (Å²) in [5, 5.41) is 3.13. The molecular formula is C11H17N3. The van der Waals surface area contributed by atoms with E-state index < -0.39 is 0 Å². The number of hydrogen-bond acceptors (Lipinski definition) is 3. The quantitative estimate of drug-likeness (QED) is 0.789. The molecule has 0 aromatic carbocycles. The van der Waals surface area contributed by atoms with Gasteiger partial charge in [-0.25, -0.2) is 9.97 Å². The first kappa shape index (κ1) is 9.59. The van der Waals surface area contributed by atoms with E-state index in [9.17, 15) is 0 Å². The van der Waals surface area contributed by atoms with Crippen molar-refractivity contribution in [2.24, 2.45) is 5.92 Å². The summed E-state index contributed by atoms with van der Waals surface area (Å²) in [4.78, 5) is 9.00. The lowest BCUT2D eigenvalue weighted by Gasteiger charge is -2.05. The molecule has 2 atom stereocenters. The van der Waals surface area contributed by atoms with Crippen molar-refractivity contribution in [1.82, 2.24) is 15.3 Å². The Morgan fingerprint density at radius 3 is 2.86 bits per heavy atom. The molecule has 1 N–H and O–H groups in total. The molecule has 0 bridgehead atoms. The van der Waals surface area contributed by atoms with Crippen LogP contribution in [0.4, 0.5) is 0 Å². The summed E-state index contributed by atoms with van der Waals surface area (Å²) in [5.74, 6) is 2.43. The normalized spacial score (nSPS) is 25.1. The molecular weight excluding hydrogens is 174 g/mol. The van der Waals surface area contributed by atoms with Crippen molar-refractivity contribution in [3.63, 3.8) is 0 Å². The molecule has 14 heavy (non-hydrogen) atoms. The van der Waals surface area contributed by atoms with Crippen LogP contribution in [0.1, 0.15) is 36.3 Å². The van der Waals surface area contributed by atoms with Crippen LogP contribution in [-0.2, 0) is 6.54 Å². The maximum absolute atomic E-state index is 4.60. The van der Waals surface area contributed by atoms with Gasteiger partial charge in [0.2, 0.25) is 0 Å². The lowest BCUT2D eigenvalue weighted by Crippen LogP contribution is -2.10. The monoisotopic (exact) mass is 191 g/mol. The van der Waals surface area contributed by atoms with Crippen LogP contribution in [0.5, 0.6) is 0 Å². The average molecular weight is 191 g/mol. The van der Waals surface area contributed by atoms with E-state index >= 15 is 0 Å². The number of nitrogens with zero attached hydrogens (tertiary/aromatic N) is 2. The summed E-state index contributed by atoms with van der Waals surface area (Å²) in [5.41, 5.74) is 2.31. The van der Waals surface area contributed by atoms with Gasteiger partial charge in [-0.3, -0.25) is 0 Å². The first-order valence-corrected chi connectivity index (χ1v) is 5.19. The molecule has 1 saturated carbocycles. The average Bonchev–Trinajstić information content (AvgIpc) is 2.87. The zero-order valence-corrected chi connectivity index (χ0v) is 9.04. The van der Waals surface area contributed by atoms with Gasteiger partial charge in [0.05, 0.1) is 5.69 Å². The second-order valence-electron chi connectivity index (χ2n) is 4.21. The van der Waals surface area contributed by atoms with Crippen molar-refractivity contribution in [3.8, 4) is 0 Å². The molecule has 1 fully saturated rings. The van der Waals surface area contributed by atoms with Crippen molar-refractivity contribution in [2.75, 3.05) is 7.05 Å². The van der Waals surface area contributed by atoms with Crippen molar-refractivity contribution in [1.29, 1.82) is 0 Å². The van der Waals surface area contributed by atoms with E-state index in [2.05, 4.69) is 29.1 Å². The minimum Gasteiger partial charge on any atom is -0.314 e. The minimum atomic E-state index is 0.617. The fraction of sp³-hybridized carbons (Fsp3) is 0.636. The number of nitrogens with one attached hydrogen (secondary N) is 1. The molecule has 2 rings (SSSR count). The molecule has 1 aliphatic rings. The Kier molecular flexibility index (Phi) is 2.50. The summed E-state index contributed by atoms with van der Waals surface area (Å²) in [6.07, 6.45) is 3.20. The fourth-order valence-electron chi connectivity index (χ4n) is 1.70. The Morgan fingerprint density at radius 1 is 1.57 bits per heavy atom. The maximum atomic E-state index is 4.60. The second kappa shape index (κ2) is 3.65. The van der Waals surface area contributed by atoms with E-state index in [1.54, 1.807) is 0 Å². The standard InChI is InChI=1S/C11H17N3/c1-7-4-9(7)11-13-5-8(2)10(14-11)6-12-3/h5,7,9,12H,4,6H2,1-3H3. The summed E-state index contributed by atoms with van der Waals surface area (Å²) >= 11 is 0. The lowest BCUT2D eigenvalue weighted by molar-refractivity contribution is 0.748. The third-order valence-corrected chi connectivity index (χ3v) is 2.88.